The molecule has 0 saturated carbocycles. The normalized spacial score (nSPS) is 33.3. The monoisotopic (exact) mass is 332 g/mol. The largest absolute Gasteiger partial charge is 0.468 e. The van der Waals surface area contributed by atoms with Crippen molar-refractivity contribution >= 4 is 5.96 Å². The van der Waals surface area contributed by atoms with E-state index in [4.69, 9.17) is 9.15 Å². The van der Waals surface area contributed by atoms with Gasteiger partial charge in [0.1, 0.15) is 5.76 Å². The minimum atomic E-state index is 0.193. The van der Waals surface area contributed by atoms with Gasteiger partial charge in [0.15, 0.2) is 5.96 Å². The molecule has 0 aliphatic carbocycles. The topological polar surface area (TPSA) is 53.2 Å². The molecule has 0 spiro atoms. The molecule has 3 fully saturated rings. The Bertz CT molecular complexity index is 568. The van der Waals surface area contributed by atoms with Gasteiger partial charge >= 0.3 is 0 Å². The van der Waals surface area contributed by atoms with Crippen molar-refractivity contribution in [3.63, 3.8) is 0 Å². The van der Waals surface area contributed by atoms with Crippen LogP contribution in [-0.4, -0.2) is 68.7 Å². The number of fused-ring (bicyclic) bond motifs is 5. The second kappa shape index (κ2) is 6.41. The lowest BCUT2D eigenvalue weighted by atomic mass is 9.82. The Balaban J connectivity index is 1.38. The molecule has 1 N–H and O–H groups in total. The summed E-state index contributed by atoms with van der Waals surface area (Å²) in [6.07, 6.45) is 5.19. The van der Waals surface area contributed by atoms with E-state index >= 15 is 0 Å². The average molecular weight is 332 g/mol. The van der Waals surface area contributed by atoms with Crippen LogP contribution in [0.25, 0.3) is 0 Å². The smallest absolute Gasteiger partial charge is 0.193 e. The Morgan fingerprint density at radius 3 is 2.58 bits per heavy atom. The Labute approximate surface area is 143 Å². The van der Waals surface area contributed by atoms with E-state index in [9.17, 15) is 0 Å². The van der Waals surface area contributed by atoms with Crippen LogP contribution in [0.5, 0.6) is 0 Å². The van der Waals surface area contributed by atoms with Crippen LogP contribution in [0.3, 0.4) is 0 Å². The van der Waals surface area contributed by atoms with Gasteiger partial charge in [0.2, 0.25) is 0 Å². The van der Waals surface area contributed by atoms with Crippen LogP contribution < -0.4 is 5.32 Å². The predicted molar refractivity (Wildman–Crippen MR) is 92.9 cm³/mol. The maximum absolute atomic E-state index is 6.07. The van der Waals surface area contributed by atoms with Gasteiger partial charge in [0.25, 0.3) is 0 Å². The van der Waals surface area contributed by atoms with Crippen LogP contribution in [0.15, 0.2) is 27.8 Å². The van der Waals surface area contributed by atoms with Gasteiger partial charge in [-0.3, -0.25) is 9.89 Å². The van der Waals surface area contributed by atoms with Crippen molar-refractivity contribution in [2.24, 2.45) is 16.8 Å². The van der Waals surface area contributed by atoms with Crippen molar-refractivity contribution < 1.29 is 9.15 Å². The summed E-state index contributed by atoms with van der Waals surface area (Å²) < 4.78 is 11.7. The molecule has 4 heterocycles. The lowest BCUT2D eigenvalue weighted by Gasteiger charge is -2.27. The molecule has 3 aliphatic rings. The van der Waals surface area contributed by atoms with Gasteiger partial charge in [-0.25, -0.2) is 0 Å². The van der Waals surface area contributed by atoms with E-state index in [1.807, 2.05) is 19.2 Å². The van der Waals surface area contributed by atoms with Crippen LogP contribution in [-0.2, 0) is 4.74 Å². The van der Waals surface area contributed by atoms with Gasteiger partial charge in [-0.1, -0.05) is 0 Å². The molecule has 6 nitrogen and oxygen atoms in total. The highest BCUT2D eigenvalue weighted by atomic mass is 16.5. The molecule has 24 heavy (non-hydrogen) atoms. The number of likely N-dealkylation sites (N-methyl/N-ethyl adjacent to an activating group) is 1. The van der Waals surface area contributed by atoms with Crippen LogP contribution in [0.1, 0.15) is 24.6 Å². The third-order valence-corrected chi connectivity index (χ3v) is 5.91. The molecule has 2 bridgehead atoms. The molecule has 4 rings (SSSR count). The summed E-state index contributed by atoms with van der Waals surface area (Å²) in [5.74, 6) is 3.36. The SMILES string of the molecule is CN=C(NCC(c1ccco1)N(C)C)N1CC2C3CCC(O3)C2C1. The first-order chi connectivity index (χ1) is 11.7. The van der Waals surface area contributed by atoms with Crippen molar-refractivity contribution in [1.82, 2.24) is 15.1 Å². The molecule has 0 radical (unpaired) electrons. The number of nitrogens with zero attached hydrogens (tertiary/aromatic N) is 3. The number of aliphatic imine (C=N–C) groups is 1. The Kier molecular flexibility index (Phi) is 4.26. The number of furan rings is 1. The van der Waals surface area contributed by atoms with E-state index in [1.165, 1.54) is 12.8 Å². The molecule has 0 aromatic carbocycles. The van der Waals surface area contributed by atoms with Crippen molar-refractivity contribution in [3.8, 4) is 0 Å². The molecule has 5 unspecified atom stereocenters. The molecule has 1 aromatic heterocycles. The standard InChI is InChI=1S/C18H28N4O2/c1-19-18(20-9-14(21(2)3)17-5-4-8-23-17)22-10-12-13(11-22)16-7-6-15(12)24-16/h4-5,8,12-16H,6-7,9-11H2,1-3H3,(H,19,20). The second-order valence-electron chi connectivity index (χ2n) is 7.45. The molecule has 132 valence electrons. The van der Waals surface area contributed by atoms with Crippen LogP contribution >= 0.6 is 0 Å². The fourth-order valence-electron chi connectivity index (χ4n) is 4.67. The molecule has 3 aliphatic heterocycles. The van der Waals surface area contributed by atoms with Gasteiger partial charge in [-0.15, -0.1) is 0 Å². The lowest BCUT2D eigenvalue weighted by Crippen LogP contribution is -2.44. The van der Waals surface area contributed by atoms with E-state index in [1.54, 1.807) is 6.26 Å². The Hall–Kier alpha value is -1.53. The molecular weight excluding hydrogens is 304 g/mol. The van der Waals surface area contributed by atoms with E-state index in [0.29, 0.717) is 24.0 Å². The molecule has 5 atom stereocenters. The number of hydrogen-bond donors (Lipinski definition) is 1. The first-order valence-electron chi connectivity index (χ1n) is 8.98. The summed E-state index contributed by atoms with van der Waals surface area (Å²) in [6.45, 7) is 2.92. The molecule has 1 aromatic rings. The highest BCUT2D eigenvalue weighted by molar-refractivity contribution is 5.80. The lowest BCUT2D eigenvalue weighted by molar-refractivity contribution is 0.0766. The molecule has 0 amide bonds. The maximum Gasteiger partial charge on any atom is 0.193 e. The minimum Gasteiger partial charge on any atom is -0.468 e. The zero-order valence-corrected chi connectivity index (χ0v) is 14.8. The second-order valence-corrected chi connectivity index (χ2v) is 7.45. The summed E-state index contributed by atoms with van der Waals surface area (Å²) in [4.78, 5) is 9.11. The van der Waals surface area contributed by atoms with Gasteiger partial charge in [-0.2, -0.15) is 0 Å². The summed E-state index contributed by atoms with van der Waals surface area (Å²) in [5, 5.41) is 3.55. The summed E-state index contributed by atoms with van der Waals surface area (Å²) in [5.41, 5.74) is 0. The molecular formula is C18H28N4O2. The zero-order chi connectivity index (χ0) is 16.7. The fourth-order valence-corrected chi connectivity index (χ4v) is 4.67. The molecule has 3 saturated heterocycles. The van der Waals surface area contributed by atoms with Gasteiger partial charge < -0.3 is 19.4 Å². The quantitative estimate of drug-likeness (QED) is 0.670. The number of nitrogens with one attached hydrogen (secondary N) is 1. The average Bonchev–Trinajstić information content (AvgIpc) is 3.33. The maximum atomic E-state index is 6.07. The number of likely N-dealkylation sites (tertiary alicyclic amines) is 1. The Morgan fingerprint density at radius 1 is 1.33 bits per heavy atom. The molecule has 6 heteroatoms. The third kappa shape index (κ3) is 2.71. The highest BCUT2D eigenvalue weighted by Gasteiger charge is 2.53. The fraction of sp³-hybridized carbons (Fsp3) is 0.722. The van der Waals surface area contributed by atoms with Crippen molar-refractivity contribution in [3.05, 3.63) is 24.2 Å². The van der Waals surface area contributed by atoms with E-state index < -0.39 is 0 Å². The third-order valence-electron chi connectivity index (χ3n) is 5.91. The number of hydrogen-bond acceptors (Lipinski definition) is 4. The summed E-state index contributed by atoms with van der Waals surface area (Å²) in [7, 11) is 6.03. The zero-order valence-electron chi connectivity index (χ0n) is 14.8. The van der Waals surface area contributed by atoms with E-state index in [-0.39, 0.29) is 6.04 Å². The minimum absolute atomic E-state index is 0.193. The van der Waals surface area contributed by atoms with Crippen molar-refractivity contribution in [2.75, 3.05) is 40.8 Å². The van der Waals surface area contributed by atoms with Crippen LogP contribution in [0, 0.1) is 11.8 Å². The van der Waals surface area contributed by atoms with E-state index in [2.05, 4.69) is 34.2 Å². The number of guanidine groups is 1. The van der Waals surface area contributed by atoms with Crippen LogP contribution in [0.4, 0.5) is 0 Å². The van der Waals surface area contributed by atoms with Gasteiger partial charge in [-0.05, 0) is 39.1 Å². The first-order valence-corrected chi connectivity index (χ1v) is 8.98. The number of ether oxygens (including phenoxy) is 1. The predicted octanol–water partition coefficient (Wildman–Crippen LogP) is 1.57. The van der Waals surface area contributed by atoms with Crippen LogP contribution in [0.2, 0.25) is 0 Å². The van der Waals surface area contributed by atoms with Crippen molar-refractivity contribution in [1.29, 1.82) is 0 Å². The Morgan fingerprint density at radius 2 is 2.04 bits per heavy atom. The number of rotatable bonds is 4. The van der Waals surface area contributed by atoms with Gasteiger partial charge in [0.05, 0.1) is 24.5 Å². The summed E-state index contributed by atoms with van der Waals surface area (Å²) >= 11 is 0. The van der Waals surface area contributed by atoms with Gasteiger partial charge in [0, 0.05) is 38.5 Å². The van der Waals surface area contributed by atoms with E-state index in [0.717, 1.165) is 31.4 Å². The first kappa shape index (κ1) is 16.0. The highest BCUT2D eigenvalue weighted by Crippen LogP contribution is 2.47. The van der Waals surface area contributed by atoms with Crippen molar-refractivity contribution in [2.45, 2.75) is 31.1 Å². The summed E-state index contributed by atoms with van der Waals surface area (Å²) in [6, 6.07) is 4.17.